The summed E-state index contributed by atoms with van der Waals surface area (Å²) in [7, 11) is 2.03. The third-order valence-electron chi connectivity index (χ3n) is 4.46. The van der Waals surface area contributed by atoms with Crippen LogP contribution in [-0.4, -0.2) is 25.1 Å². The fraction of sp³-hybridized carbons (Fsp3) is 0.800. The summed E-state index contributed by atoms with van der Waals surface area (Å²) in [6.45, 7) is 8.06. The van der Waals surface area contributed by atoms with Crippen LogP contribution in [-0.2, 0) is 6.54 Å². The lowest BCUT2D eigenvalue weighted by molar-refractivity contribution is 0.422. The zero-order valence-corrected chi connectivity index (χ0v) is 13.1. The van der Waals surface area contributed by atoms with Gasteiger partial charge in [0, 0.05) is 30.4 Å². The monoisotopic (exact) mass is 279 g/mol. The SMILES string of the molecule is CNCc1sc(N2CCC(C(C)C)C2)nc1C1CC1. The van der Waals surface area contributed by atoms with Gasteiger partial charge in [0.2, 0.25) is 0 Å². The van der Waals surface area contributed by atoms with E-state index >= 15 is 0 Å². The van der Waals surface area contributed by atoms with Crippen LogP contribution in [0.2, 0.25) is 0 Å². The van der Waals surface area contributed by atoms with Gasteiger partial charge in [0.25, 0.3) is 0 Å². The van der Waals surface area contributed by atoms with Crippen LogP contribution in [0.1, 0.15) is 49.6 Å². The lowest BCUT2D eigenvalue weighted by Gasteiger charge is -2.16. The van der Waals surface area contributed by atoms with Crippen LogP contribution in [0.4, 0.5) is 5.13 Å². The third kappa shape index (κ3) is 2.79. The molecule has 4 heteroatoms. The van der Waals surface area contributed by atoms with Gasteiger partial charge in [-0.15, -0.1) is 11.3 Å². The lowest BCUT2D eigenvalue weighted by Crippen LogP contribution is -2.20. The number of hydrogen-bond acceptors (Lipinski definition) is 4. The molecule has 2 fully saturated rings. The Hall–Kier alpha value is -0.610. The molecular weight excluding hydrogens is 254 g/mol. The highest BCUT2D eigenvalue weighted by Crippen LogP contribution is 2.44. The van der Waals surface area contributed by atoms with E-state index in [-0.39, 0.29) is 0 Å². The summed E-state index contributed by atoms with van der Waals surface area (Å²) in [5.74, 6) is 2.41. The minimum absolute atomic E-state index is 0.761. The zero-order chi connectivity index (χ0) is 13.4. The highest BCUT2D eigenvalue weighted by Gasteiger charge is 2.32. The molecule has 2 heterocycles. The molecule has 1 saturated heterocycles. The molecule has 0 bridgehead atoms. The topological polar surface area (TPSA) is 28.2 Å². The maximum Gasteiger partial charge on any atom is 0.185 e. The largest absolute Gasteiger partial charge is 0.348 e. The van der Waals surface area contributed by atoms with Crippen molar-refractivity contribution in [2.24, 2.45) is 11.8 Å². The minimum Gasteiger partial charge on any atom is -0.348 e. The van der Waals surface area contributed by atoms with Gasteiger partial charge in [0.05, 0.1) is 5.69 Å². The van der Waals surface area contributed by atoms with Crippen LogP contribution in [0.5, 0.6) is 0 Å². The fourth-order valence-corrected chi connectivity index (χ4v) is 4.15. The maximum absolute atomic E-state index is 4.97. The van der Waals surface area contributed by atoms with Gasteiger partial charge in [-0.1, -0.05) is 13.8 Å². The molecule has 1 atom stereocenters. The first-order valence-electron chi connectivity index (χ1n) is 7.58. The first-order chi connectivity index (χ1) is 9.19. The van der Waals surface area contributed by atoms with E-state index in [0.29, 0.717) is 0 Å². The van der Waals surface area contributed by atoms with E-state index in [2.05, 4.69) is 24.1 Å². The number of anilines is 1. The van der Waals surface area contributed by atoms with Gasteiger partial charge in [-0.3, -0.25) is 0 Å². The standard InChI is InChI=1S/C15H25N3S/c1-10(2)12-6-7-18(9-12)15-17-14(11-4-5-11)13(19-15)8-16-3/h10-12,16H,4-9H2,1-3H3. The van der Waals surface area contributed by atoms with E-state index in [1.807, 2.05) is 18.4 Å². The van der Waals surface area contributed by atoms with Crippen molar-refractivity contribution >= 4 is 16.5 Å². The summed E-state index contributed by atoms with van der Waals surface area (Å²) < 4.78 is 0. The Balaban J connectivity index is 1.76. The summed E-state index contributed by atoms with van der Waals surface area (Å²) >= 11 is 1.92. The van der Waals surface area contributed by atoms with Crippen molar-refractivity contribution < 1.29 is 0 Å². The summed E-state index contributed by atoms with van der Waals surface area (Å²) in [6.07, 6.45) is 4.01. The lowest BCUT2D eigenvalue weighted by atomic mass is 9.95. The number of hydrogen-bond donors (Lipinski definition) is 1. The highest BCUT2D eigenvalue weighted by atomic mass is 32.1. The average Bonchev–Trinajstić information content (AvgIpc) is 2.94. The molecule has 3 rings (SSSR count). The Morgan fingerprint density at radius 3 is 2.74 bits per heavy atom. The van der Waals surface area contributed by atoms with Crippen molar-refractivity contribution in [2.45, 2.75) is 45.6 Å². The predicted molar refractivity (Wildman–Crippen MR) is 82.0 cm³/mol. The molecule has 1 unspecified atom stereocenters. The van der Waals surface area contributed by atoms with Gasteiger partial charge < -0.3 is 10.2 Å². The van der Waals surface area contributed by atoms with Crippen LogP contribution in [0, 0.1) is 11.8 Å². The molecule has 1 aromatic rings. The molecule has 2 aliphatic rings. The van der Waals surface area contributed by atoms with E-state index < -0.39 is 0 Å². The zero-order valence-electron chi connectivity index (χ0n) is 12.3. The van der Waals surface area contributed by atoms with E-state index in [9.17, 15) is 0 Å². The number of aromatic nitrogens is 1. The molecule has 3 nitrogen and oxygen atoms in total. The summed E-state index contributed by atoms with van der Waals surface area (Å²) in [5.41, 5.74) is 1.39. The van der Waals surface area contributed by atoms with Crippen molar-refractivity contribution in [1.29, 1.82) is 0 Å². The molecule has 0 spiro atoms. The van der Waals surface area contributed by atoms with Gasteiger partial charge in [-0.05, 0) is 38.1 Å². The number of nitrogens with one attached hydrogen (secondary N) is 1. The molecule has 1 aliphatic carbocycles. The minimum atomic E-state index is 0.761. The van der Waals surface area contributed by atoms with Crippen LogP contribution in [0.25, 0.3) is 0 Å². The Morgan fingerprint density at radius 1 is 1.37 bits per heavy atom. The molecule has 1 N–H and O–H groups in total. The highest BCUT2D eigenvalue weighted by molar-refractivity contribution is 7.15. The summed E-state index contributed by atoms with van der Waals surface area (Å²) in [6, 6.07) is 0. The van der Waals surface area contributed by atoms with Crippen molar-refractivity contribution in [1.82, 2.24) is 10.3 Å². The van der Waals surface area contributed by atoms with Gasteiger partial charge in [-0.25, -0.2) is 4.98 Å². The van der Waals surface area contributed by atoms with E-state index in [0.717, 1.165) is 24.3 Å². The quantitative estimate of drug-likeness (QED) is 0.897. The number of nitrogens with zero attached hydrogens (tertiary/aromatic N) is 2. The van der Waals surface area contributed by atoms with Crippen LogP contribution < -0.4 is 10.2 Å². The van der Waals surface area contributed by atoms with Crippen LogP contribution in [0.3, 0.4) is 0 Å². The summed E-state index contributed by atoms with van der Waals surface area (Å²) in [5, 5.41) is 4.56. The fourth-order valence-electron chi connectivity index (χ4n) is 2.95. The maximum atomic E-state index is 4.97. The number of rotatable bonds is 5. The van der Waals surface area contributed by atoms with Crippen molar-refractivity contribution in [2.75, 3.05) is 25.0 Å². The third-order valence-corrected chi connectivity index (χ3v) is 5.59. The predicted octanol–water partition coefficient (Wildman–Crippen LogP) is 3.22. The Labute approximate surface area is 120 Å². The van der Waals surface area contributed by atoms with Crippen LogP contribution in [0.15, 0.2) is 0 Å². The van der Waals surface area contributed by atoms with Gasteiger partial charge in [-0.2, -0.15) is 0 Å². The van der Waals surface area contributed by atoms with E-state index in [4.69, 9.17) is 4.98 Å². The Morgan fingerprint density at radius 2 is 2.16 bits per heavy atom. The van der Waals surface area contributed by atoms with Gasteiger partial charge >= 0.3 is 0 Å². The molecular formula is C15H25N3S. The first-order valence-corrected chi connectivity index (χ1v) is 8.39. The van der Waals surface area contributed by atoms with E-state index in [1.165, 1.54) is 48.1 Å². The second-order valence-corrected chi connectivity index (χ2v) is 7.41. The molecule has 19 heavy (non-hydrogen) atoms. The molecule has 106 valence electrons. The molecule has 0 amide bonds. The Bertz CT molecular complexity index is 437. The molecule has 1 aliphatic heterocycles. The van der Waals surface area contributed by atoms with Crippen LogP contribution >= 0.6 is 11.3 Å². The Kier molecular flexibility index (Phi) is 3.81. The van der Waals surface area contributed by atoms with Gasteiger partial charge in [0.15, 0.2) is 5.13 Å². The second kappa shape index (κ2) is 5.41. The van der Waals surface area contributed by atoms with Gasteiger partial charge in [0.1, 0.15) is 0 Å². The second-order valence-electron chi connectivity index (χ2n) is 6.35. The van der Waals surface area contributed by atoms with Crippen molar-refractivity contribution in [3.05, 3.63) is 10.6 Å². The first kappa shape index (κ1) is 13.4. The summed E-state index contributed by atoms with van der Waals surface area (Å²) in [4.78, 5) is 8.95. The average molecular weight is 279 g/mol. The van der Waals surface area contributed by atoms with Crippen molar-refractivity contribution in [3.8, 4) is 0 Å². The smallest absolute Gasteiger partial charge is 0.185 e. The van der Waals surface area contributed by atoms with E-state index in [1.54, 1.807) is 0 Å². The molecule has 1 saturated carbocycles. The molecule has 0 aromatic carbocycles. The number of thiazole rings is 1. The molecule has 1 aromatic heterocycles. The normalized spacial score (nSPS) is 23.6. The molecule has 0 radical (unpaired) electrons. The van der Waals surface area contributed by atoms with Crippen molar-refractivity contribution in [3.63, 3.8) is 0 Å².